The van der Waals surface area contributed by atoms with E-state index in [4.69, 9.17) is 14.2 Å². The molecule has 0 aromatic heterocycles. The fraction of sp³-hybridized carbons (Fsp3) is 0.667. The summed E-state index contributed by atoms with van der Waals surface area (Å²) in [6, 6.07) is 9.94. The van der Waals surface area contributed by atoms with E-state index >= 15 is 0 Å². The summed E-state index contributed by atoms with van der Waals surface area (Å²) in [6.07, 6.45) is 5.58. The smallest absolute Gasteiger partial charge is 0.409 e. The van der Waals surface area contributed by atoms with Crippen LogP contribution in [0.15, 0.2) is 30.3 Å². The lowest BCUT2D eigenvalue weighted by Gasteiger charge is -2.42. The minimum Gasteiger partial charge on any atom is -0.447 e. The minimum atomic E-state index is -0.599. The number of nitrogens with zero attached hydrogens (tertiary/aromatic N) is 2. The fourth-order valence-electron chi connectivity index (χ4n) is 4.32. The number of hydrogen-bond acceptors (Lipinski definition) is 6. The number of nitrogens with one attached hydrogen (secondary N) is 1. The molecule has 178 valence electrons. The summed E-state index contributed by atoms with van der Waals surface area (Å²) < 4.78 is 16.3. The molecule has 1 aromatic rings. The molecule has 2 aliphatic rings. The molecule has 2 saturated heterocycles. The van der Waals surface area contributed by atoms with Gasteiger partial charge in [0.25, 0.3) is 0 Å². The Bertz CT molecular complexity index is 707. The van der Waals surface area contributed by atoms with Crippen molar-refractivity contribution in [2.24, 2.45) is 0 Å². The molecule has 2 amide bonds. The van der Waals surface area contributed by atoms with Gasteiger partial charge in [0.05, 0.1) is 26.5 Å². The number of anilines is 1. The van der Waals surface area contributed by atoms with Crippen molar-refractivity contribution >= 4 is 17.7 Å². The lowest BCUT2D eigenvalue weighted by atomic mass is 9.86. The van der Waals surface area contributed by atoms with E-state index in [1.165, 1.54) is 19.3 Å². The van der Waals surface area contributed by atoms with Crippen LogP contribution in [0, 0.1) is 0 Å². The first-order valence-corrected chi connectivity index (χ1v) is 11.9. The van der Waals surface area contributed by atoms with Crippen molar-refractivity contribution in [3.63, 3.8) is 0 Å². The van der Waals surface area contributed by atoms with Crippen LogP contribution in [-0.4, -0.2) is 75.2 Å². The molecule has 0 bridgehead atoms. The van der Waals surface area contributed by atoms with Crippen molar-refractivity contribution in [1.29, 1.82) is 0 Å². The van der Waals surface area contributed by atoms with Crippen LogP contribution in [0.5, 0.6) is 0 Å². The van der Waals surface area contributed by atoms with Gasteiger partial charge in [-0.05, 0) is 31.4 Å². The third-order valence-electron chi connectivity index (χ3n) is 6.22. The Morgan fingerprint density at radius 2 is 1.66 bits per heavy atom. The number of ether oxygens (including phenoxy) is 3. The van der Waals surface area contributed by atoms with Crippen molar-refractivity contribution in [1.82, 2.24) is 10.2 Å². The van der Waals surface area contributed by atoms with Crippen molar-refractivity contribution < 1.29 is 23.8 Å². The second-order valence-corrected chi connectivity index (χ2v) is 8.35. The van der Waals surface area contributed by atoms with Gasteiger partial charge in [-0.25, -0.2) is 4.79 Å². The molecule has 0 radical (unpaired) electrons. The molecule has 2 fully saturated rings. The Kier molecular flexibility index (Phi) is 9.62. The quantitative estimate of drug-likeness (QED) is 0.496. The Hall–Kier alpha value is -2.32. The zero-order valence-corrected chi connectivity index (χ0v) is 19.2. The van der Waals surface area contributed by atoms with Gasteiger partial charge in [-0.2, -0.15) is 0 Å². The highest BCUT2D eigenvalue weighted by atomic mass is 16.6. The number of amides is 2. The van der Waals surface area contributed by atoms with E-state index in [-0.39, 0.29) is 18.6 Å². The number of piperidine rings is 1. The van der Waals surface area contributed by atoms with Crippen molar-refractivity contribution in [3.8, 4) is 0 Å². The van der Waals surface area contributed by atoms with Crippen LogP contribution in [0.2, 0.25) is 0 Å². The first-order valence-electron chi connectivity index (χ1n) is 11.9. The van der Waals surface area contributed by atoms with Crippen LogP contribution in [0.3, 0.4) is 0 Å². The highest BCUT2D eigenvalue weighted by molar-refractivity contribution is 5.93. The lowest BCUT2D eigenvalue weighted by Crippen LogP contribution is -2.57. The number of benzene rings is 1. The van der Waals surface area contributed by atoms with Gasteiger partial charge in [-0.15, -0.1) is 0 Å². The molecule has 0 unspecified atom stereocenters. The Labute approximate surface area is 191 Å². The van der Waals surface area contributed by atoms with E-state index in [1.54, 1.807) is 4.90 Å². The highest BCUT2D eigenvalue weighted by Crippen LogP contribution is 2.36. The van der Waals surface area contributed by atoms with Gasteiger partial charge in [0, 0.05) is 25.4 Å². The maximum atomic E-state index is 12.7. The van der Waals surface area contributed by atoms with E-state index in [9.17, 15) is 9.59 Å². The van der Waals surface area contributed by atoms with Crippen molar-refractivity contribution in [3.05, 3.63) is 30.3 Å². The number of likely N-dealkylation sites (tertiary alicyclic amines) is 1. The molecular weight excluding hydrogens is 410 g/mol. The van der Waals surface area contributed by atoms with Gasteiger partial charge in [-0.3, -0.25) is 4.79 Å². The first kappa shape index (κ1) is 24.3. The molecule has 0 saturated carbocycles. The van der Waals surface area contributed by atoms with E-state index < -0.39 is 5.54 Å². The monoisotopic (exact) mass is 447 g/mol. The summed E-state index contributed by atoms with van der Waals surface area (Å²) in [5.74, 6) is 0.0374. The molecule has 8 nitrogen and oxygen atoms in total. The van der Waals surface area contributed by atoms with E-state index in [0.717, 1.165) is 18.7 Å². The second-order valence-electron chi connectivity index (χ2n) is 8.35. The normalized spacial score (nSPS) is 17.6. The summed E-state index contributed by atoms with van der Waals surface area (Å²) in [4.78, 5) is 28.9. The summed E-state index contributed by atoms with van der Waals surface area (Å²) in [6.45, 7) is 6.07. The zero-order chi connectivity index (χ0) is 22.7. The maximum absolute atomic E-state index is 12.7. The van der Waals surface area contributed by atoms with Crippen LogP contribution in [0.1, 0.15) is 45.4 Å². The molecule has 1 N–H and O–H groups in total. The molecule has 2 heterocycles. The van der Waals surface area contributed by atoms with Crippen LogP contribution in [0.4, 0.5) is 10.5 Å². The van der Waals surface area contributed by atoms with Crippen LogP contribution in [0.25, 0.3) is 0 Å². The molecule has 32 heavy (non-hydrogen) atoms. The zero-order valence-electron chi connectivity index (χ0n) is 19.2. The SMILES string of the molecule is CCCCCCOCCOCCOC(=O)N1CCC2(CC1)C(=O)NCN2c1ccccc1. The summed E-state index contributed by atoms with van der Waals surface area (Å²) in [5, 5.41) is 2.97. The highest BCUT2D eigenvalue weighted by Gasteiger charge is 2.50. The van der Waals surface area contributed by atoms with Gasteiger partial charge in [0.1, 0.15) is 12.1 Å². The van der Waals surface area contributed by atoms with Crippen molar-refractivity contribution in [2.75, 3.05) is 57.7 Å². The van der Waals surface area contributed by atoms with Crippen LogP contribution >= 0.6 is 0 Å². The van der Waals surface area contributed by atoms with Crippen LogP contribution < -0.4 is 10.2 Å². The molecule has 1 aromatic carbocycles. The standard InChI is InChI=1S/C24H37N3O5/c1-2-3-4-8-15-30-16-17-31-18-19-32-23(29)26-13-11-24(12-14-26)22(28)25-20-27(24)21-9-6-5-7-10-21/h5-7,9-10H,2-4,8,11-20H2,1H3,(H,25,28). The fourth-order valence-corrected chi connectivity index (χ4v) is 4.32. The Balaban J connectivity index is 1.31. The minimum absolute atomic E-state index is 0.0374. The van der Waals surface area contributed by atoms with E-state index in [0.29, 0.717) is 52.4 Å². The van der Waals surface area contributed by atoms with Crippen molar-refractivity contribution in [2.45, 2.75) is 51.0 Å². The Morgan fingerprint density at radius 1 is 0.969 bits per heavy atom. The summed E-state index contributed by atoms with van der Waals surface area (Å²) >= 11 is 0. The van der Waals surface area contributed by atoms with Gasteiger partial charge in [-0.1, -0.05) is 44.4 Å². The van der Waals surface area contributed by atoms with Gasteiger partial charge in [0.15, 0.2) is 0 Å². The maximum Gasteiger partial charge on any atom is 0.409 e. The summed E-state index contributed by atoms with van der Waals surface area (Å²) in [7, 11) is 0. The molecule has 0 atom stereocenters. The number of rotatable bonds is 12. The number of unbranched alkanes of at least 4 members (excludes halogenated alkanes) is 3. The number of para-hydroxylation sites is 1. The molecule has 0 aliphatic carbocycles. The molecule has 8 heteroatoms. The van der Waals surface area contributed by atoms with Gasteiger partial charge < -0.3 is 29.3 Å². The third kappa shape index (κ3) is 6.36. The average Bonchev–Trinajstić information content (AvgIpc) is 3.13. The molecule has 3 rings (SSSR count). The number of hydrogen-bond donors (Lipinski definition) is 1. The summed E-state index contributed by atoms with van der Waals surface area (Å²) in [5.41, 5.74) is 0.418. The topological polar surface area (TPSA) is 80.3 Å². The average molecular weight is 448 g/mol. The van der Waals surface area contributed by atoms with Crippen LogP contribution in [-0.2, 0) is 19.0 Å². The van der Waals surface area contributed by atoms with Gasteiger partial charge >= 0.3 is 6.09 Å². The largest absolute Gasteiger partial charge is 0.447 e. The van der Waals surface area contributed by atoms with E-state index in [1.807, 2.05) is 30.3 Å². The number of carbonyl (C=O) groups is 2. The molecular formula is C24H37N3O5. The predicted molar refractivity (Wildman–Crippen MR) is 123 cm³/mol. The second kappa shape index (κ2) is 12.6. The first-order chi connectivity index (χ1) is 15.7. The van der Waals surface area contributed by atoms with E-state index in [2.05, 4.69) is 17.1 Å². The third-order valence-corrected chi connectivity index (χ3v) is 6.22. The lowest BCUT2D eigenvalue weighted by molar-refractivity contribution is -0.125. The van der Waals surface area contributed by atoms with Gasteiger partial charge in [0.2, 0.25) is 5.91 Å². The molecule has 2 aliphatic heterocycles. The molecule has 1 spiro atoms. The predicted octanol–water partition coefficient (Wildman–Crippen LogP) is 3.17. The Morgan fingerprint density at radius 3 is 2.38 bits per heavy atom. The number of carbonyl (C=O) groups excluding carboxylic acids is 2.